The van der Waals surface area contributed by atoms with Gasteiger partial charge in [0.05, 0.1) is 4.88 Å². The average Bonchev–Trinajstić information content (AvgIpc) is 2.80. The molecule has 1 atom stereocenters. The molecule has 0 radical (unpaired) electrons. The van der Waals surface area contributed by atoms with Gasteiger partial charge in [0.1, 0.15) is 0 Å². The van der Waals surface area contributed by atoms with Crippen molar-refractivity contribution in [1.29, 1.82) is 0 Å². The van der Waals surface area contributed by atoms with E-state index in [9.17, 15) is 4.79 Å². The van der Waals surface area contributed by atoms with Crippen LogP contribution in [0.3, 0.4) is 0 Å². The molecule has 18 heavy (non-hydrogen) atoms. The summed E-state index contributed by atoms with van der Waals surface area (Å²) in [7, 11) is 0. The summed E-state index contributed by atoms with van der Waals surface area (Å²) in [5.41, 5.74) is 1.39. The molecular weight excluding hydrogens is 266 g/mol. The third kappa shape index (κ3) is 3.48. The van der Waals surface area contributed by atoms with Crippen LogP contribution in [0.5, 0.6) is 0 Å². The fourth-order valence-electron chi connectivity index (χ4n) is 2.35. The molecule has 0 aromatic carbocycles. The van der Waals surface area contributed by atoms with Crippen LogP contribution in [-0.4, -0.2) is 17.8 Å². The van der Waals surface area contributed by atoms with Gasteiger partial charge in [-0.1, -0.05) is 0 Å². The molecule has 1 unspecified atom stereocenters. The maximum Gasteiger partial charge on any atom is 0.261 e. The number of hydrogen-bond acceptors (Lipinski definition) is 2. The number of fused-ring (bicyclic) bond motifs is 1. The molecule has 1 aromatic heterocycles. The van der Waals surface area contributed by atoms with Crippen LogP contribution >= 0.6 is 22.9 Å². The van der Waals surface area contributed by atoms with Crippen LogP contribution in [0.4, 0.5) is 0 Å². The number of aryl methyl sites for hydroxylation is 2. The summed E-state index contributed by atoms with van der Waals surface area (Å²) in [4.78, 5) is 14.4. The van der Waals surface area contributed by atoms with Crippen molar-refractivity contribution >= 4 is 28.8 Å². The molecule has 100 valence electrons. The van der Waals surface area contributed by atoms with Gasteiger partial charge >= 0.3 is 0 Å². The van der Waals surface area contributed by atoms with Crippen molar-refractivity contribution in [3.63, 3.8) is 0 Å². The molecule has 1 heterocycles. The number of nitrogens with one attached hydrogen (secondary N) is 1. The number of carbonyl (C=O) groups is 1. The Bertz CT molecular complexity index is 392. The third-order valence-electron chi connectivity index (χ3n) is 3.37. The van der Waals surface area contributed by atoms with E-state index in [0.717, 1.165) is 30.6 Å². The Morgan fingerprint density at radius 2 is 2.28 bits per heavy atom. The summed E-state index contributed by atoms with van der Waals surface area (Å²) in [5.74, 6) is 0.740. The molecule has 1 aliphatic carbocycles. The van der Waals surface area contributed by atoms with E-state index >= 15 is 0 Å². The zero-order chi connectivity index (χ0) is 13.0. The van der Waals surface area contributed by atoms with Crippen LogP contribution in [0.1, 0.15) is 52.7 Å². The van der Waals surface area contributed by atoms with Gasteiger partial charge in [0, 0.05) is 16.8 Å². The normalized spacial score (nSPS) is 16.1. The molecule has 0 spiro atoms. The highest BCUT2D eigenvalue weighted by Crippen LogP contribution is 2.29. The summed E-state index contributed by atoms with van der Waals surface area (Å²) < 4.78 is 0. The van der Waals surface area contributed by atoms with Gasteiger partial charge in [0.15, 0.2) is 0 Å². The molecule has 0 aliphatic heterocycles. The summed E-state index contributed by atoms with van der Waals surface area (Å²) in [6, 6.07) is 2.29. The lowest BCUT2D eigenvalue weighted by Crippen LogP contribution is -2.32. The Morgan fingerprint density at radius 3 is 3.00 bits per heavy atom. The van der Waals surface area contributed by atoms with Crippen LogP contribution in [0.2, 0.25) is 0 Å². The number of halogens is 1. The second kappa shape index (κ2) is 6.58. The second-order valence-corrected chi connectivity index (χ2v) is 6.49. The van der Waals surface area contributed by atoms with Crippen molar-refractivity contribution in [2.75, 3.05) is 5.88 Å². The first kappa shape index (κ1) is 13.9. The molecule has 1 N–H and O–H groups in total. The third-order valence-corrected chi connectivity index (χ3v) is 4.87. The van der Waals surface area contributed by atoms with Crippen LogP contribution in [0.15, 0.2) is 6.07 Å². The minimum absolute atomic E-state index is 0.0801. The first-order valence-electron chi connectivity index (χ1n) is 6.69. The van der Waals surface area contributed by atoms with Gasteiger partial charge < -0.3 is 5.32 Å². The minimum Gasteiger partial charge on any atom is -0.349 e. The lowest BCUT2D eigenvalue weighted by molar-refractivity contribution is 0.0942. The van der Waals surface area contributed by atoms with Gasteiger partial charge in [0.2, 0.25) is 0 Å². The van der Waals surface area contributed by atoms with Crippen molar-refractivity contribution in [3.8, 4) is 0 Å². The molecule has 0 bridgehead atoms. The largest absolute Gasteiger partial charge is 0.349 e. The molecule has 1 amide bonds. The highest BCUT2D eigenvalue weighted by atomic mass is 35.5. The lowest BCUT2D eigenvalue weighted by atomic mass is 9.99. The molecular formula is C14H20ClNOS. The Hall–Kier alpha value is -0.540. The summed E-state index contributed by atoms with van der Waals surface area (Å²) in [6.45, 7) is 2.04. The molecule has 0 saturated heterocycles. The zero-order valence-electron chi connectivity index (χ0n) is 10.8. The van der Waals surface area contributed by atoms with Crippen molar-refractivity contribution in [1.82, 2.24) is 5.32 Å². The summed E-state index contributed by atoms with van der Waals surface area (Å²) >= 11 is 7.33. The smallest absolute Gasteiger partial charge is 0.261 e. The highest BCUT2D eigenvalue weighted by molar-refractivity contribution is 7.14. The molecule has 4 heteroatoms. The fourth-order valence-corrected chi connectivity index (χ4v) is 3.66. The average molecular weight is 286 g/mol. The first-order valence-corrected chi connectivity index (χ1v) is 8.04. The molecule has 0 fully saturated rings. The van der Waals surface area contributed by atoms with Crippen molar-refractivity contribution in [2.45, 2.75) is 51.5 Å². The van der Waals surface area contributed by atoms with Crippen LogP contribution in [0, 0.1) is 0 Å². The maximum absolute atomic E-state index is 12.1. The van der Waals surface area contributed by atoms with E-state index < -0.39 is 0 Å². The monoisotopic (exact) mass is 285 g/mol. The Morgan fingerprint density at radius 1 is 1.50 bits per heavy atom. The number of carbonyl (C=O) groups excluding carboxylic acids is 1. The maximum atomic E-state index is 12.1. The van der Waals surface area contributed by atoms with E-state index in [-0.39, 0.29) is 11.9 Å². The number of hydrogen-bond donors (Lipinski definition) is 1. The minimum atomic E-state index is 0.0801. The summed E-state index contributed by atoms with van der Waals surface area (Å²) in [6.07, 6.45) is 6.71. The van der Waals surface area contributed by atoms with Crippen LogP contribution < -0.4 is 5.32 Å². The van der Waals surface area contributed by atoms with Gasteiger partial charge in [-0.2, -0.15) is 0 Å². The predicted molar refractivity (Wildman–Crippen MR) is 77.8 cm³/mol. The van der Waals surface area contributed by atoms with Crippen molar-refractivity contribution < 1.29 is 4.79 Å². The van der Waals surface area contributed by atoms with E-state index in [2.05, 4.69) is 11.4 Å². The highest BCUT2D eigenvalue weighted by Gasteiger charge is 2.18. The molecule has 2 rings (SSSR count). The van der Waals surface area contributed by atoms with Crippen LogP contribution in [0.25, 0.3) is 0 Å². The zero-order valence-corrected chi connectivity index (χ0v) is 12.4. The number of thiophene rings is 1. The molecule has 1 aliphatic rings. The molecule has 1 aromatic rings. The van der Waals surface area contributed by atoms with Crippen molar-refractivity contribution in [2.24, 2.45) is 0 Å². The Kier molecular flexibility index (Phi) is 5.07. The van der Waals surface area contributed by atoms with E-state index in [0.29, 0.717) is 5.88 Å². The van der Waals surface area contributed by atoms with Gasteiger partial charge in [-0.25, -0.2) is 0 Å². The lowest BCUT2D eigenvalue weighted by Gasteiger charge is -2.11. The van der Waals surface area contributed by atoms with Gasteiger partial charge in [-0.3, -0.25) is 4.79 Å². The Balaban J connectivity index is 1.94. The first-order chi connectivity index (χ1) is 8.70. The van der Waals surface area contributed by atoms with E-state index in [1.54, 1.807) is 11.3 Å². The predicted octanol–water partition coefficient (Wildman–Crippen LogP) is 3.76. The van der Waals surface area contributed by atoms with E-state index in [4.69, 9.17) is 11.6 Å². The second-order valence-electron chi connectivity index (χ2n) is 4.97. The van der Waals surface area contributed by atoms with Crippen LogP contribution in [-0.2, 0) is 12.8 Å². The van der Waals surface area contributed by atoms with Gasteiger partial charge in [-0.05, 0) is 57.1 Å². The van der Waals surface area contributed by atoms with Crippen molar-refractivity contribution in [3.05, 3.63) is 21.4 Å². The topological polar surface area (TPSA) is 29.1 Å². The number of rotatable bonds is 5. The number of amides is 1. The number of alkyl halides is 1. The molecule has 2 nitrogen and oxygen atoms in total. The Labute approximate surface area is 118 Å². The van der Waals surface area contributed by atoms with Gasteiger partial charge in [-0.15, -0.1) is 22.9 Å². The van der Waals surface area contributed by atoms with E-state index in [1.807, 2.05) is 6.92 Å². The van der Waals surface area contributed by atoms with Gasteiger partial charge in [0.25, 0.3) is 5.91 Å². The quantitative estimate of drug-likeness (QED) is 0.820. The SMILES string of the molecule is CC(CCCCl)NC(=O)c1cc2c(s1)CCCC2. The summed E-state index contributed by atoms with van der Waals surface area (Å²) in [5, 5.41) is 3.05. The fraction of sp³-hybridized carbons (Fsp3) is 0.643. The van der Waals surface area contributed by atoms with E-state index in [1.165, 1.54) is 23.3 Å². The standard InChI is InChI=1S/C14H20ClNOS/c1-10(5-4-8-15)16-14(17)13-9-11-6-2-3-7-12(11)18-13/h9-10H,2-8H2,1H3,(H,16,17). The molecule has 0 saturated carbocycles.